The molecule has 4 aromatic rings. The summed E-state index contributed by atoms with van der Waals surface area (Å²) in [6.45, 7) is 0. The molecule has 0 spiro atoms. The van der Waals surface area contributed by atoms with Gasteiger partial charge in [-0.2, -0.15) is 4.98 Å². The summed E-state index contributed by atoms with van der Waals surface area (Å²) in [6.07, 6.45) is 13.4. The Morgan fingerprint density at radius 1 is 0.825 bits per heavy atom. The van der Waals surface area contributed by atoms with Gasteiger partial charge in [-0.1, -0.05) is 31.2 Å². The van der Waals surface area contributed by atoms with Crippen molar-refractivity contribution < 1.29 is 4.79 Å². The SMILES string of the molecule is O=C(NC1CC1)c1ccnc(C#Cc2ccc(Nc3ncc(-c4ccccn4)c(NC4CCCCC4)n3)cc2)c1. The van der Waals surface area contributed by atoms with Gasteiger partial charge in [0.2, 0.25) is 5.95 Å². The summed E-state index contributed by atoms with van der Waals surface area (Å²) in [4.78, 5) is 30.5. The molecule has 3 heterocycles. The van der Waals surface area contributed by atoms with Crippen molar-refractivity contribution in [2.75, 3.05) is 10.6 Å². The van der Waals surface area contributed by atoms with E-state index in [1.54, 1.807) is 24.5 Å². The molecule has 0 atom stereocenters. The first-order valence-corrected chi connectivity index (χ1v) is 13.9. The van der Waals surface area contributed by atoms with Gasteiger partial charge in [-0.05, 0) is 80.1 Å². The molecular weight excluding hydrogens is 498 g/mol. The molecule has 2 aliphatic carbocycles. The number of hydrogen-bond donors (Lipinski definition) is 3. The molecule has 1 aromatic carbocycles. The average Bonchev–Trinajstić information content (AvgIpc) is 3.82. The lowest BCUT2D eigenvalue weighted by atomic mass is 9.95. The Balaban J connectivity index is 1.15. The lowest BCUT2D eigenvalue weighted by Gasteiger charge is -2.24. The van der Waals surface area contributed by atoms with Gasteiger partial charge in [-0.15, -0.1) is 0 Å². The third kappa shape index (κ3) is 6.62. The van der Waals surface area contributed by atoms with E-state index in [-0.39, 0.29) is 5.91 Å². The van der Waals surface area contributed by atoms with Crippen LogP contribution in [-0.4, -0.2) is 37.9 Å². The maximum atomic E-state index is 12.3. The van der Waals surface area contributed by atoms with E-state index in [9.17, 15) is 4.79 Å². The molecule has 0 saturated heterocycles. The smallest absolute Gasteiger partial charge is 0.251 e. The molecule has 40 heavy (non-hydrogen) atoms. The normalized spacial score (nSPS) is 15.0. The maximum absolute atomic E-state index is 12.3. The summed E-state index contributed by atoms with van der Waals surface area (Å²) in [7, 11) is 0. The molecule has 2 fully saturated rings. The van der Waals surface area contributed by atoms with E-state index in [0.717, 1.165) is 54.0 Å². The van der Waals surface area contributed by atoms with Crippen molar-refractivity contribution in [3.05, 3.63) is 90.0 Å². The molecule has 6 rings (SSSR count). The van der Waals surface area contributed by atoms with Crippen molar-refractivity contribution in [3.8, 4) is 23.1 Å². The second-order valence-corrected chi connectivity index (χ2v) is 10.3. The van der Waals surface area contributed by atoms with Gasteiger partial charge in [0.15, 0.2) is 0 Å². The molecule has 8 heteroatoms. The zero-order valence-electron chi connectivity index (χ0n) is 22.2. The van der Waals surface area contributed by atoms with Crippen LogP contribution in [0.15, 0.2) is 73.2 Å². The Morgan fingerprint density at radius 2 is 1.68 bits per heavy atom. The van der Waals surface area contributed by atoms with Gasteiger partial charge in [0.1, 0.15) is 11.5 Å². The topological polar surface area (TPSA) is 105 Å². The van der Waals surface area contributed by atoms with Gasteiger partial charge in [0.25, 0.3) is 5.91 Å². The van der Waals surface area contributed by atoms with Crippen LogP contribution in [0.1, 0.15) is 66.6 Å². The second-order valence-electron chi connectivity index (χ2n) is 10.3. The summed E-state index contributed by atoms with van der Waals surface area (Å²) in [6, 6.07) is 17.8. The number of carbonyl (C=O) groups excluding carboxylic acids is 1. The van der Waals surface area contributed by atoms with E-state index in [0.29, 0.717) is 29.3 Å². The van der Waals surface area contributed by atoms with Crippen molar-refractivity contribution in [1.29, 1.82) is 0 Å². The second kappa shape index (κ2) is 12.0. The predicted octanol–water partition coefficient (Wildman–Crippen LogP) is 5.71. The highest BCUT2D eigenvalue weighted by Gasteiger charge is 2.24. The number of aromatic nitrogens is 4. The van der Waals surface area contributed by atoms with E-state index in [1.807, 2.05) is 48.7 Å². The average molecular weight is 530 g/mol. The van der Waals surface area contributed by atoms with Crippen LogP contribution in [0.5, 0.6) is 0 Å². The summed E-state index contributed by atoms with van der Waals surface area (Å²) in [5.41, 5.74) is 4.58. The molecule has 0 radical (unpaired) electrons. The summed E-state index contributed by atoms with van der Waals surface area (Å²) < 4.78 is 0. The zero-order valence-corrected chi connectivity index (χ0v) is 22.2. The first-order chi connectivity index (χ1) is 19.7. The van der Waals surface area contributed by atoms with Crippen molar-refractivity contribution in [3.63, 3.8) is 0 Å². The molecule has 3 N–H and O–H groups in total. The first kappa shape index (κ1) is 25.5. The fraction of sp³-hybridized carbons (Fsp3) is 0.281. The molecule has 1 amide bonds. The predicted molar refractivity (Wildman–Crippen MR) is 156 cm³/mol. The molecule has 0 unspecified atom stereocenters. The third-order valence-corrected chi connectivity index (χ3v) is 7.09. The molecule has 8 nitrogen and oxygen atoms in total. The Bertz CT molecular complexity index is 1530. The van der Waals surface area contributed by atoms with Gasteiger partial charge >= 0.3 is 0 Å². The minimum atomic E-state index is -0.0734. The monoisotopic (exact) mass is 529 g/mol. The van der Waals surface area contributed by atoms with Gasteiger partial charge in [0.05, 0.1) is 11.3 Å². The number of nitrogens with one attached hydrogen (secondary N) is 3. The standard InChI is InChI=1S/C32H31N7O/c40-31(37-25-15-16-25)23-17-19-33-27(20-23)14-11-22-9-12-26(13-10-22)38-32-35-21-28(29-8-4-5-18-34-29)30(39-32)36-24-6-2-1-3-7-24/h4-5,8-10,12-13,17-21,24-25H,1-3,6-7,15-16H2,(H,37,40)(H2,35,36,38,39). The van der Waals surface area contributed by atoms with Gasteiger partial charge in [-0.3, -0.25) is 9.78 Å². The van der Waals surface area contributed by atoms with E-state index < -0.39 is 0 Å². The Labute approximate surface area is 234 Å². The van der Waals surface area contributed by atoms with Crippen molar-refractivity contribution in [2.45, 2.75) is 57.0 Å². The van der Waals surface area contributed by atoms with Gasteiger partial charge in [0, 0.05) is 47.5 Å². The summed E-state index contributed by atoms with van der Waals surface area (Å²) in [5.74, 6) is 7.43. The summed E-state index contributed by atoms with van der Waals surface area (Å²) >= 11 is 0. The van der Waals surface area contributed by atoms with Gasteiger partial charge < -0.3 is 16.0 Å². The van der Waals surface area contributed by atoms with E-state index in [1.165, 1.54) is 19.3 Å². The number of amides is 1. The van der Waals surface area contributed by atoms with Crippen LogP contribution in [0.25, 0.3) is 11.3 Å². The van der Waals surface area contributed by atoms with Crippen molar-refractivity contribution in [1.82, 2.24) is 25.3 Å². The first-order valence-electron chi connectivity index (χ1n) is 13.9. The molecule has 2 aliphatic rings. The van der Waals surface area contributed by atoms with Crippen LogP contribution in [0, 0.1) is 11.8 Å². The lowest BCUT2D eigenvalue weighted by molar-refractivity contribution is 0.0951. The highest BCUT2D eigenvalue weighted by atomic mass is 16.1. The number of anilines is 3. The molecule has 2 saturated carbocycles. The van der Waals surface area contributed by atoms with E-state index in [4.69, 9.17) is 4.98 Å². The highest BCUT2D eigenvalue weighted by Crippen LogP contribution is 2.29. The van der Waals surface area contributed by atoms with Crippen LogP contribution in [0.2, 0.25) is 0 Å². The third-order valence-electron chi connectivity index (χ3n) is 7.09. The van der Waals surface area contributed by atoms with Crippen LogP contribution in [0.4, 0.5) is 17.5 Å². The van der Waals surface area contributed by atoms with Crippen molar-refractivity contribution >= 4 is 23.4 Å². The van der Waals surface area contributed by atoms with E-state index >= 15 is 0 Å². The lowest BCUT2D eigenvalue weighted by Crippen LogP contribution is -2.25. The molecule has 3 aromatic heterocycles. The number of pyridine rings is 2. The minimum Gasteiger partial charge on any atom is -0.367 e. The molecule has 200 valence electrons. The Morgan fingerprint density at radius 3 is 2.45 bits per heavy atom. The minimum absolute atomic E-state index is 0.0734. The Hall–Kier alpha value is -4.77. The van der Waals surface area contributed by atoms with Crippen LogP contribution >= 0.6 is 0 Å². The largest absolute Gasteiger partial charge is 0.367 e. The number of hydrogen-bond acceptors (Lipinski definition) is 7. The number of rotatable bonds is 7. The fourth-order valence-corrected chi connectivity index (χ4v) is 4.74. The molecular formula is C32H31N7O. The fourth-order valence-electron chi connectivity index (χ4n) is 4.74. The Kier molecular flexibility index (Phi) is 7.62. The molecule has 0 bridgehead atoms. The maximum Gasteiger partial charge on any atom is 0.251 e. The quantitative estimate of drug-likeness (QED) is 0.263. The highest BCUT2D eigenvalue weighted by molar-refractivity contribution is 5.94. The zero-order chi connectivity index (χ0) is 27.1. The number of benzene rings is 1. The van der Waals surface area contributed by atoms with Crippen molar-refractivity contribution in [2.24, 2.45) is 0 Å². The van der Waals surface area contributed by atoms with Crippen LogP contribution < -0.4 is 16.0 Å². The molecule has 0 aliphatic heterocycles. The van der Waals surface area contributed by atoms with Crippen LogP contribution in [-0.2, 0) is 0 Å². The van der Waals surface area contributed by atoms with E-state index in [2.05, 4.69) is 42.7 Å². The number of carbonyl (C=O) groups is 1. The van der Waals surface area contributed by atoms with Gasteiger partial charge in [-0.25, -0.2) is 9.97 Å². The van der Waals surface area contributed by atoms with Crippen LogP contribution in [0.3, 0.4) is 0 Å². The number of nitrogens with zero attached hydrogens (tertiary/aromatic N) is 4. The summed E-state index contributed by atoms with van der Waals surface area (Å²) in [5, 5.41) is 9.97.